The molecular weight excluding hydrogens is 520 g/mol. The predicted molar refractivity (Wildman–Crippen MR) is 158 cm³/mol. The van der Waals surface area contributed by atoms with E-state index in [0.717, 1.165) is 33.0 Å². The molecule has 0 radical (unpaired) electrons. The highest BCUT2D eigenvalue weighted by molar-refractivity contribution is 5.94. The Bertz CT molecular complexity index is 1770. The van der Waals surface area contributed by atoms with Crippen molar-refractivity contribution in [3.8, 4) is 33.8 Å². The summed E-state index contributed by atoms with van der Waals surface area (Å²) >= 11 is 0. The minimum atomic E-state index is -0.415. The summed E-state index contributed by atoms with van der Waals surface area (Å²) in [5, 5.41) is 1.67. The van der Waals surface area contributed by atoms with Gasteiger partial charge in [0, 0.05) is 35.0 Å². The van der Waals surface area contributed by atoms with Crippen LogP contribution in [-0.2, 0) is 4.74 Å². The van der Waals surface area contributed by atoms with Crippen LogP contribution in [0.25, 0.3) is 44.2 Å². The lowest BCUT2D eigenvalue weighted by Gasteiger charge is -2.11. The molecule has 2 aromatic heterocycles. The maximum Gasteiger partial charge on any atom is 0.336 e. The molecule has 7 heteroatoms. The largest absolute Gasteiger partial charge is 0.491 e. The maximum absolute atomic E-state index is 12.1. The first-order valence-corrected chi connectivity index (χ1v) is 13.2. The molecule has 204 valence electrons. The van der Waals surface area contributed by atoms with E-state index in [0.29, 0.717) is 49.1 Å². The van der Waals surface area contributed by atoms with Gasteiger partial charge in [0.2, 0.25) is 0 Å². The number of fused-ring (bicyclic) bond motifs is 2. The van der Waals surface area contributed by atoms with Gasteiger partial charge in [-0.3, -0.25) is 0 Å². The lowest BCUT2D eigenvalue weighted by molar-refractivity contribution is 0.0764. The molecule has 0 aliphatic carbocycles. The molecule has 6 rings (SSSR count). The summed E-state index contributed by atoms with van der Waals surface area (Å²) in [5.41, 5.74) is 3.62. The first-order valence-electron chi connectivity index (χ1n) is 13.2. The molecule has 0 unspecified atom stereocenters. The highest BCUT2D eigenvalue weighted by atomic mass is 16.5. The maximum atomic E-state index is 12.1. The van der Waals surface area contributed by atoms with Gasteiger partial charge in [-0.15, -0.1) is 0 Å². The van der Waals surface area contributed by atoms with Crippen LogP contribution >= 0.6 is 0 Å². The van der Waals surface area contributed by atoms with Gasteiger partial charge in [0.05, 0.1) is 13.2 Å². The third-order valence-electron chi connectivity index (χ3n) is 6.59. The Balaban J connectivity index is 1.01. The second-order valence-electron chi connectivity index (χ2n) is 9.32. The third kappa shape index (κ3) is 6.05. The van der Waals surface area contributed by atoms with Crippen LogP contribution < -0.4 is 20.7 Å². The van der Waals surface area contributed by atoms with Crippen molar-refractivity contribution < 1.29 is 23.0 Å². The first kappa shape index (κ1) is 26.1. The molecule has 4 aromatic carbocycles. The lowest BCUT2D eigenvalue weighted by atomic mass is 10.0. The zero-order valence-electron chi connectivity index (χ0n) is 22.1. The molecule has 7 nitrogen and oxygen atoms in total. The molecule has 2 heterocycles. The topological polar surface area (TPSA) is 88.1 Å². The summed E-state index contributed by atoms with van der Waals surface area (Å²) < 4.78 is 28.1. The molecule has 0 bridgehead atoms. The molecule has 0 saturated carbocycles. The van der Waals surface area contributed by atoms with Crippen LogP contribution in [0.3, 0.4) is 0 Å². The van der Waals surface area contributed by atoms with E-state index in [1.807, 2.05) is 84.9 Å². The predicted octanol–water partition coefficient (Wildman–Crippen LogP) is 6.71. The van der Waals surface area contributed by atoms with E-state index in [4.69, 9.17) is 23.0 Å². The fourth-order valence-corrected chi connectivity index (χ4v) is 4.72. The summed E-state index contributed by atoms with van der Waals surface area (Å²) in [6.45, 7) is 1.33. The summed E-state index contributed by atoms with van der Waals surface area (Å²) in [5.74, 6) is 1.16. The van der Waals surface area contributed by atoms with Crippen molar-refractivity contribution in [3.63, 3.8) is 0 Å². The Hall–Kier alpha value is -5.14. The molecule has 0 atom stereocenters. The smallest absolute Gasteiger partial charge is 0.336 e. The molecule has 0 aliphatic rings. The van der Waals surface area contributed by atoms with Gasteiger partial charge in [0.25, 0.3) is 0 Å². The van der Waals surface area contributed by atoms with Crippen LogP contribution in [0, 0.1) is 0 Å². The summed E-state index contributed by atoms with van der Waals surface area (Å²) in [6.07, 6.45) is 0. The number of hydrogen-bond donors (Lipinski definition) is 0. The molecule has 0 aliphatic heterocycles. The van der Waals surface area contributed by atoms with Crippen molar-refractivity contribution in [1.82, 2.24) is 0 Å². The first-order chi connectivity index (χ1) is 20.1. The van der Waals surface area contributed by atoms with Crippen molar-refractivity contribution in [2.45, 2.75) is 0 Å². The van der Waals surface area contributed by atoms with E-state index in [1.54, 1.807) is 12.1 Å². The van der Waals surface area contributed by atoms with Gasteiger partial charge >= 0.3 is 11.3 Å². The van der Waals surface area contributed by atoms with Crippen molar-refractivity contribution in [3.05, 3.63) is 130 Å². The van der Waals surface area contributed by atoms with Gasteiger partial charge in [-0.2, -0.15) is 0 Å². The highest BCUT2D eigenvalue weighted by Crippen LogP contribution is 2.31. The molecule has 0 saturated heterocycles. The Morgan fingerprint density at radius 2 is 0.927 bits per heavy atom. The van der Waals surface area contributed by atoms with E-state index >= 15 is 0 Å². The number of benzene rings is 4. The zero-order valence-corrected chi connectivity index (χ0v) is 22.1. The fraction of sp³-hybridized carbons (Fsp3) is 0.118. The van der Waals surface area contributed by atoms with Crippen LogP contribution in [-0.4, -0.2) is 26.4 Å². The second-order valence-corrected chi connectivity index (χ2v) is 9.32. The Labute approximate surface area is 235 Å². The van der Waals surface area contributed by atoms with Crippen LogP contribution in [0.1, 0.15) is 0 Å². The number of ether oxygens (including phenoxy) is 3. The second kappa shape index (κ2) is 11.9. The third-order valence-corrected chi connectivity index (χ3v) is 6.59. The normalized spacial score (nSPS) is 11.1. The minimum absolute atomic E-state index is 0.317. The SMILES string of the molecule is O=c1cc(-c2ccccc2)c2ccc(OCCOCCOc3ccc4c(-c5ccccc5)cc(=O)oc4c3)cc2o1. The van der Waals surface area contributed by atoms with Gasteiger partial charge in [-0.1, -0.05) is 60.7 Å². The Morgan fingerprint density at radius 1 is 0.488 bits per heavy atom. The average Bonchev–Trinajstić information content (AvgIpc) is 3.00. The van der Waals surface area contributed by atoms with Crippen LogP contribution in [0.5, 0.6) is 11.5 Å². The quantitative estimate of drug-likeness (QED) is 0.139. The summed E-state index contributed by atoms with van der Waals surface area (Å²) in [6, 6.07) is 33.3. The number of hydrogen-bond acceptors (Lipinski definition) is 7. The van der Waals surface area contributed by atoms with Crippen LogP contribution in [0.15, 0.2) is 128 Å². The van der Waals surface area contributed by atoms with Crippen LogP contribution in [0.4, 0.5) is 0 Å². The summed E-state index contributed by atoms with van der Waals surface area (Å²) in [4.78, 5) is 24.3. The van der Waals surface area contributed by atoms with Gasteiger partial charge < -0.3 is 23.0 Å². The molecular formula is C34H26O7. The van der Waals surface area contributed by atoms with E-state index in [1.165, 1.54) is 12.1 Å². The molecule has 0 amide bonds. The highest BCUT2D eigenvalue weighted by Gasteiger charge is 2.10. The van der Waals surface area contributed by atoms with Gasteiger partial charge in [0.1, 0.15) is 35.9 Å². The number of rotatable bonds is 10. The van der Waals surface area contributed by atoms with Crippen molar-refractivity contribution >= 4 is 21.9 Å². The van der Waals surface area contributed by atoms with Gasteiger partial charge in [-0.25, -0.2) is 9.59 Å². The standard InChI is InChI=1S/C34H26O7/c35-33-21-29(23-7-3-1-4-8-23)27-13-11-25(19-31(27)40-33)38-17-15-37-16-18-39-26-12-14-28-30(24-9-5-2-6-10-24)22-34(36)41-32(28)20-26/h1-14,19-22H,15-18H2. The molecule has 41 heavy (non-hydrogen) atoms. The molecule has 0 spiro atoms. The van der Waals surface area contributed by atoms with Gasteiger partial charge in [0.15, 0.2) is 0 Å². The Morgan fingerprint density at radius 3 is 1.37 bits per heavy atom. The van der Waals surface area contributed by atoms with E-state index in [9.17, 15) is 9.59 Å². The van der Waals surface area contributed by atoms with Gasteiger partial charge in [-0.05, 0) is 46.5 Å². The molecule has 0 N–H and O–H groups in total. The van der Waals surface area contributed by atoms with E-state index in [2.05, 4.69) is 0 Å². The Kier molecular flexibility index (Phi) is 7.60. The van der Waals surface area contributed by atoms with E-state index < -0.39 is 11.3 Å². The fourth-order valence-electron chi connectivity index (χ4n) is 4.72. The van der Waals surface area contributed by atoms with Crippen LogP contribution in [0.2, 0.25) is 0 Å². The molecule has 0 fully saturated rings. The average molecular weight is 547 g/mol. The monoisotopic (exact) mass is 546 g/mol. The molecule has 6 aromatic rings. The zero-order chi connectivity index (χ0) is 28.0. The van der Waals surface area contributed by atoms with Crippen molar-refractivity contribution in [1.29, 1.82) is 0 Å². The lowest BCUT2D eigenvalue weighted by Crippen LogP contribution is -2.12. The summed E-state index contributed by atoms with van der Waals surface area (Å²) in [7, 11) is 0. The van der Waals surface area contributed by atoms with Crippen molar-refractivity contribution in [2.75, 3.05) is 26.4 Å². The van der Waals surface area contributed by atoms with Crippen molar-refractivity contribution in [2.24, 2.45) is 0 Å². The van der Waals surface area contributed by atoms with E-state index in [-0.39, 0.29) is 0 Å². The minimum Gasteiger partial charge on any atom is -0.491 e.